The predicted octanol–water partition coefficient (Wildman–Crippen LogP) is 12.7. The summed E-state index contributed by atoms with van der Waals surface area (Å²) in [6.07, 6.45) is 0. The second kappa shape index (κ2) is 10.5. The Kier molecular flexibility index (Phi) is 5.89. The average molecular weight is 670 g/mol. The highest BCUT2D eigenvalue weighted by Gasteiger charge is 2.36. The van der Waals surface area contributed by atoms with Crippen LogP contribution in [0.15, 0.2) is 152 Å². The second-order valence-corrected chi connectivity index (χ2v) is 15.2. The van der Waals surface area contributed by atoms with Crippen LogP contribution in [-0.2, 0) is 5.41 Å². The minimum Gasteiger partial charge on any atom is -0.278 e. The summed E-state index contributed by atoms with van der Waals surface area (Å²) in [5, 5.41) is 6.11. The summed E-state index contributed by atoms with van der Waals surface area (Å²) in [6.45, 7) is 4.74. The molecule has 3 nitrogen and oxygen atoms in total. The van der Waals surface area contributed by atoms with Crippen LogP contribution in [0.1, 0.15) is 25.0 Å². The van der Waals surface area contributed by atoms with E-state index in [0.29, 0.717) is 5.95 Å². The molecule has 7 aromatic carbocycles. The maximum Gasteiger partial charge on any atom is 0.235 e. The third kappa shape index (κ3) is 4.05. The monoisotopic (exact) mass is 669 g/mol. The largest absolute Gasteiger partial charge is 0.278 e. The Morgan fingerprint density at radius 1 is 0.529 bits per heavy atom. The zero-order chi connectivity index (χ0) is 33.8. The molecule has 0 amide bonds. The van der Waals surface area contributed by atoms with Crippen LogP contribution in [0.25, 0.3) is 92.3 Å². The first-order valence-corrected chi connectivity index (χ1v) is 18.3. The molecule has 10 aromatic rings. The van der Waals surface area contributed by atoms with Crippen molar-refractivity contribution in [1.82, 2.24) is 14.5 Å². The number of aromatic nitrogens is 3. The van der Waals surface area contributed by atoms with Crippen molar-refractivity contribution in [3.05, 3.63) is 163 Å². The van der Waals surface area contributed by atoms with E-state index in [4.69, 9.17) is 9.97 Å². The van der Waals surface area contributed by atoms with Crippen LogP contribution < -0.4 is 0 Å². The van der Waals surface area contributed by atoms with Crippen molar-refractivity contribution in [1.29, 1.82) is 0 Å². The van der Waals surface area contributed by atoms with E-state index in [1.807, 2.05) is 0 Å². The number of hydrogen-bond donors (Lipinski definition) is 0. The first-order chi connectivity index (χ1) is 25.0. The summed E-state index contributed by atoms with van der Waals surface area (Å²) < 4.78 is 4.60. The third-order valence-electron chi connectivity index (χ3n) is 11.0. The SMILES string of the molecule is CC1(C)c2ccccc2-c2ccc3cc4c(cc3c21)c1ccccc1n4-c1nc(-c2ccc(-c3ccccc3)cc2)c2sc3ccccc3c2n1. The normalized spacial score (nSPS) is 13.5. The van der Waals surface area contributed by atoms with Crippen molar-refractivity contribution in [2.45, 2.75) is 19.3 Å². The molecule has 4 heteroatoms. The molecule has 0 saturated carbocycles. The van der Waals surface area contributed by atoms with Gasteiger partial charge in [-0.3, -0.25) is 4.57 Å². The highest BCUT2D eigenvalue weighted by molar-refractivity contribution is 7.26. The molecule has 0 atom stereocenters. The number of nitrogens with zero attached hydrogens (tertiary/aromatic N) is 3. The molecule has 0 spiro atoms. The van der Waals surface area contributed by atoms with Crippen molar-refractivity contribution in [2.75, 3.05) is 0 Å². The predicted molar refractivity (Wildman–Crippen MR) is 215 cm³/mol. The summed E-state index contributed by atoms with van der Waals surface area (Å²) in [5.41, 5.74) is 13.0. The molecule has 11 rings (SSSR count). The van der Waals surface area contributed by atoms with E-state index in [2.05, 4.69) is 170 Å². The number of rotatable bonds is 3. The fourth-order valence-corrected chi connectivity index (χ4v) is 9.78. The van der Waals surface area contributed by atoms with Gasteiger partial charge < -0.3 is 0 Å². The molecule has 0 N–H and O–H groups in total. The Bertz CT molecular complexity index is 3040. The fraction of sp³-hybridized carbons (Fsp3) is 0.0638. The van der Waals surface area contributed by atoms with Crippen molar-refractivity contribution >= 4 is 64.2 Å². The van der Waals surface area contributed by atoms with Gasteiger partial charge >= 0.3 is 0 Å². The molecule has 0 bridgehead atoms. The van der Waals surface area contributed by atoms with Crippen molar-refractivity contribution in [3.63, 3.8) is 0 Å². The number of hydrogen-bond acceptors (Lipinski definition) is 3. The summed E-state index contributed by atoms with van der Waals surface area (Å²) in [6, 6.07) is 55.0. The molecule has 0 fully saturated rings. The van der Waals surface area contributed by atoms with Gasteiger partial charge in [0, 0.05) is 31.8 Å². The molecule has 3 heterocycles. The van der Waals surface area contributed by atoms with E-state index in [1.165, 1.54) is 59.6 Å². The molecule has 0 saturated heterocycles. The quantitative estimate of drug-likeness (QED) is 0.187. The molecule has 51 heavy (non-hydrogen) atoms. The highest BCUT2D eigenvalue weighted by atomic mass is 32.1. The van der Waals surface area contributed by atoms with Crippen molar-refractivity contribution in [2.24, 2.45) is 0 Å². The molecule has 1 aliphatic rings. The van der Waals surface area contributed by atoms with Crippen LogP contribution in [0, 0.1) is 0 Å². The van der Waals surface area contributed by atoms with Crippen LogP contribution in [0.3, 0.4) is 0 Å². The van der Waals surface area contributed by atoms with Crippen LogP contribution in [0.4, 0.5) is 0 Å². The van der Waals surface area contributed by atoms with Crippen LogP contribution >= 0.6 is 11.3 Å². The smallest absolute Gasteiger partial charge is 0.235 e. The Labute approximate surface area is 299 Å². The average Bonchev–Trinajstić information content (AvgIpc) is 3.79. The van der Waals surface area contributed by atoms with Gasteiger partial charge in [0.1, 0.15) is 0 Å². The van der Waals surface area contributed by atoms with Gasteiger partial charge in [-0.1, -0.05) is 141 Å². The molecule has 3 aromatic heterocycles. The summed E-state index contributed by atoms with van der Waals surface area (Å²) in [7, 11) is 0. The van der Waals surface area contributed by atoms with E-state index >= 15 is 0 Å². The summed E-state index contributed by atoms with van der Waals surface area (Å²) >= 11 is 1.77. The minimum atomic E-state index is -0.101. The number of para-hydroxylation sites is 1. The Morgan fingerprint density at radius 3 is 2.10 bits per heavy atom. The standard InChI is InChI=1S/C47H31N3S/c1-47(2)38-17-9-6-14-32(38)34-25-24-31-26-40-37(27-36(31)42(34)47)33-15-7-10-18-39(33)50(40)46-48-43(45-44(49-46)35-16-8-11-19-41(35)51-45)30-22-20-29(21-23-30)28-12-4-3-5-13-28/h3-27H,1-2H3. The molecule has 0 aliphatic heterocycles. The van der Waals surface area contributed by atoms with Gasteiger partial charge in [0.2, 0.25) is 5.95 Å². The first-order valence-electron chi connectivity index (χ1n) is 17.5. The first kappa shape index (κ1) is 28.7. The molecule has 1 aliphatic carbocycles. The van der Waals surface area contributed by atoms with Gasteiger partial charge in [-0.05, 0) is 68.4 Å². The number of thiophene rings is 1. The molecular formula is C47H31N3S. The topological polar surface area (TPSA) is 30.7 Å². The van der Waals surface area contributed by atoms with Gasteiger partial charge in [-0.25, -0.2) is 9.97 Å². The molecule has 0 unspecified atom stereocenters. The van der Waals surface area contributed by atoms with Gasteiger partial charge in [0.15, 0.2) is 0 Å². The summed E-state index contributed by atoms with van der Waals surface area (Å²) in [5.74, 6) is 0.688. The fourth-order valence-electron chi connectivity index (χ4n) is 8.62. The number of fused-ring (bicyclic) bond motifs is 11. The second-order valence-electron chi connectivity index (χ2n) is 14.2. The maximum atomic E-state index is 5.46. The van der Waals surface area contributed by atoms with E-state index in [1.54, 1.807) is 11.3 Å². The van der Waals surface area contributed by atoms with Crippen molar-refractivity contribution < 1.29 is 0 Å². The van der Waals surface area contributed by atoms with Gasteiger partial charge in [0.05, 0.1) is 26.9 Å². The lowest BCUT2D eigenvalue weighted by Gasteiger charge is -2.23. The van der Waals surface area contributed by atoms with Gasteiger partial charge in [-0.15, -0.1) is 11.3 Å². The van der Waals surface area contributed by atoms with Crippen LogP contribution in [-0.4, -0.2) is 14.5 Å². The lowest BCUT2D eigenvalue weighted by atomic mass is 9.80. The van der Waals surface area contributed by atoms with E-state index in [9.17, 15) is 0 Å². The number of benzene rings is 7. The zero-order valence-corrected chi connectivity index (χ0v) is 29.0. The van der Waals surface area contributed by atoms with E-state index < -0.39 is 0 Å². The highest BCUT2D eigenvalue weighted by Crippen LogP contribution is 2.52. The lowest BCUT2D eigenvalue weighted by Crippen LogP contribution is -2.15. The van der Waals surface area contributed by atoms with E-state index in [0.717, 1.165) is 37.9 Å². The van der Waals surface area contributed by atoms with E-state index in [-0.39, 0.29) is 5.41 Å². The van der Waals surface area contributed by atoms with Crippen LogP contribution in [0.5, 0.6) is 0 Å². The van der Waals surface area contributed by atoms with Crippen molar-refractivity contribution in [3.8, 4) is 39.5 Å². The van der Waals surface area contributed by atoms with Gasteiger partial charge in [-0.2, -0.15) is 0 Å². The van der Waals surface area contributed by atoms with Gasteiger partial charge in [0.25, 0.3) is 0 Å². The Morgan fingerprint density at radius 2 is 1.24 bits per heavy atom. The molecule has 0 radical (unpaired) electrons. The Hall–Kier alpha value is -6.10. The third-order valence-corrected chi connectivity index (χ3v) is 12.2. The maximum absolute atomic E-state index is 5.46. The molecule has 240 valence electrons. The molecular weight excluding hydrogens is 639 g/mol. The van der Waals surface area contributed by atoms with Crippen LogP contribution in [0.2, 0.25) is 0 Å². The summed E-state index contributed by atoms with van der Waals surface area (Å²) in [4.78, 5) is 10.9. The lowest BCUT2D eigenvalue weighted by molar-refractivity contribution is 0.666. The zero-order valence-electron chi connectivity index (χ0n) is 28.2. The Balaban J connectivity index is 1.19. The minimum absolute atomic E-state index is 0.101.